The van der Waals surface area contributed by atoms with Crippen LogP contribution in [0.4, 0.5) is 32.2 Å². The quantitative estimate of drug-likeness (QED) is 0.463. The number of nitrogens with zero attached hydrogens (tertiary/aromatic N) is 4. The van der Waals surface area contributed by atoms with E-state index in [9.17, 15) is 26.3 Å². The largest absolute Gasteiger partial charge is 0.490 e. The fourth-order valence-corrected chi connectivity index (χ4v) is 4.27. The number of anilines is 1. The van der Waals surface area contributed by atoms with Gasteiger partial charge in [-0.1, -0.05) is 0 Å². The Hall–Kier alpha value is -2.92. The molecule has 1 aromatic heterocycles. The minimum Gasteiger partial charge on any atom is -0.481 e. The van der Waals surface area contributed by atoms with Crippen LogP contribution in [-0.4, -0.2) is 116 Å². The molecule has 0 amide bonds. The van der Waals surface area contributed by atoms with Gasteiger partial charge >= 0.3 is 24.3 Å². The van der Waals surface area contributed by atoms with Crippen LogP contribution in [0.15, 0.2) is 12.4 Å². The average molecular weight is 579 g/mol. The standard InChI is InChI=1S/C18H30N4O3.2C2HF3O2/c1-23-9-8-22-13-18(11-15(22)12-24-2)4-6-21(7-5-18)16-10-17(25-3)20-14-19-16;2*3-2(4,5)1(6)7/h10,14-15H,4-9,11-13H2,1-3H3;2*(H,6,7). The first-order valence-electron chi connectivity index (χ1n) is 11.5. The predicted octanol–water partition coefficient (Wildman–Crippen LogP) is 2.71. The number of halogens is 6. The molecule has 17 heteroatoms. The molecule has 224 valence electrons. The summed E-state index contributed by atoms with van der Waals surface area (Å²) in [5.41, 5.74) is 0.393. The van der Waals surface area contributed by atoms with Crippen LogP contribution in [0.5, 0.6) is 5.88 Å². The minimum absolute atomic E-state index is 0.393. The maximum atomic E-state index is 10.6. The van der Waals surface area contributed by atoms with Crippen molar-refractivity contribution in [1.29, 1.82) is 0 Å². The van der Waals surface area contributed by atoms with E-state index >= 15 is 0 Å². The van der Waals surface area contributed by atoms with Gasteiger partial charge in [0, 0.05) is 52.5 Å². The number of aliphatic carboxylic acids is 2. The third kappa shape index (κ3) is 11.4. The third-order valence-corrected chi connectivity index (χ3v) is 6.14. The summed E-state index contributed by atoms with van der Waals surface area (Å²) in [7, 11) is 5.20. The molecule has 1 aromatic rings. The summed E-state index contributed by atoms with van der Waals surface area (Å²) in [4.78, 5) is 31.2. The summed E-state index contributed by atoms with van der Waals surface area (Å²) >= 11 is 0. The lowest BCUT2D eigenvalue weighted by Gasteiger charge is -2.40. The van der Waals surface area contributed by atoms with Crippen molar-refractivity contribution >= 4 is 17.8 Å². The van der Waals surface area contributed by atoms with E-state index < -0.39 is 24.3 Å². The Morgan fingerprint density at radius 3 is 1.97 bits per heavy atom. The van der Waals surface area contributed by atoms with Crippen molar-refractivity contribution in [2.24, 2.45) is 5.41 Å². The smallest absolute Gasteiger partial charge is 0.481 e. The van der Waals surface area contributed by atoms with E-state index in [1.807, 2.05) is 6.07 Å². The van der Waals surface area contributed by atoms with Gasteiger partial charge in [0.15, 0.2) is 0 Å². The van der Waals surface area contributed by atoms with Gasteiger partial charge in [0.05, 0.1) is 20.3 Å². The van der Waals surface area contributed by atoms with E-state index in [1.54, 1.807) is 27.7 Å². The van der Waals surface area contributed by atoms with Crippen LogP contribution in [-0.2, 0) is 19.1 Å². The van der Waals surface area contributed by atoms with Gasteiger partial charge in [-0.25, -0.2) is 19.6 Å². The highest BCUT2D eigenvalue weighted by Crippen LogP contribution is 2.44. The van der Waals surface area contributed by atoms with Crippen LogP contribution >= 0.6 is 0 Å². The summed E-state index contributed by atoms with van der Waals surface area (Å²) in [6, 6.07) is 2.43. The Balaban J connectivity index is 0.000000449. The van der Waals surface area contributed by atoms with Gasteiger partial charge in [0.1, 0.15) is 12.1 Å². The molecule has 2 aliphatic heterocycles. The maximum Gasteiger partial charge on any atom is 0.490 e. The number of ether oxygens (including phenoxy) is 3. The van der Waals surface area contributed by atoms with Crippen LogP contribution in [0, 0.1) is 5.41 Å². The van der Waals surface area contributed by atoms with Crippen molar-refractivity contribution < 1.29 is 60.4 Å². The van der Waals surface area contributed by atoms with Gasteiger partial charge in [0.2, 0.25) is 5.88 Å². The monoisotopic (exact) mass is 578 g/mol. The van der Waals surface area contributed by atoms with Crippen LogP contribution in [0.25, 0.3) is 0 Å². The zero-order valence-corrected chi connectivity index (χ0v) is 21.6. The topological polar surface area (TPSA) is 135 Å². The van der Waals surface area contributed by atoms with Crippen molar-refractivity contribution in [3.63, 3.8) is 0 Å². The normalized spacial score (nSPS) is 19.0. The Labute approximate surface area is 220 Å². The van der Waals surface area contributed by atoms with Crippen LogP contribution in [0.1, 0.15) is 19.3 Å². The van der Waals surface area contributed by atoms with E-state index in [2.05, 4.69) is 19.8 Å². The number of hydrogen-bond acceptors (Lipinski definition) is 9. The number of piperidine rings is 1. The zero-order chi connectivity index (χ0) is 29.9. The molecular weight excluding hydrogens is 546 g/mol. The molecule has 0 aromatic carbocycles. The van der Waals surface area contributed by atoms with Gasteiger partial charge in [0.25, 0.3) is 0 Å². The molecule has 1 atom stereocenters. The van der Waals surface area contributed by atoms with E-state index in [-0.39, 0.29) is 0 Å². The van der Waals surface area contributed by atoms with Crippen LogP contribution in [0.3, 0.4) is 0 Å². The van der Waals surface area contributed by atoms with Crippen molar-refractivity contribution in [3.05, 3.63) is 12.4 Å². The zero-order valence-electron chi connectivity index (χ0n) is 21.6. The SMILES string of the molecule is COCCN1CC2(CCN(c3cc(OC)ncn3)CC2)CC1COC.O=C(O)C(F)(F)F.O=C(O)C(F)(F)F. The summed E-state index contributed by atoms with van der Waals surface area (Å²) in [5, 5.41) is 14.2. The maximum absolute atomic E-state index is 10.6. The summed E-state index contributed by atoms with van der Waals surface area (Å²) in [6.45, 7) is 5.77. The number of carbonyl (C=O) groups is 2. The average Bonchev–Trinajstić information content (AvgIpc) is 3.19. The molecule has 3 heterocycles. The van der Waals surface area contributed by atoms with Crippen molar-refractivity contribution in [3.8, 4) is 5.88 Å². The molecule has 3 rings (SSSR count). The molecule has 2 aliphatic rings. The Morgan fingerprint density at radius 2 is 1.54 bits per heavy atom. The number of carboxylic acids is 2. The lowest BCUT2D eigenvalue weighted by Crippen LogP contribution is -2.42. The van der Waals surface area contributed by atoms with Gasteiger partial charge < -0.3 is 29.3 Å². The fraction of sp³-hybridized carbons (Fsp3) is 0.727. The van der Waals surface area contributed by atoms with Crippen molar-refractivity contribution in [2.75, 3.05) is 65.6 Å². The lowest BCUT2D eigenvalue weighted by molar-refractivity contribution is -0.193. The second-order valence-corrected chi connectivity index (χ2v) is 8.79. The molecule has 1 unspecified atom stereocenters. The molecule has 0 radical (unpaired) electrons. The van der Waals surface area contributed by atoms with Crippen molar-refractivity contribution in [2.45, 2.75) is 37.7 Å². The predicted molar refractivity (Wildman–Crippen MR) is 124 cm³/mol. The molecule has 11 nitrogen and oxygen atoms in total. The highest BCUT2D eigenvalue weighted by Gasteiger charge is 2.45. The lowest BCUT2D eigenvalue weighted by atomic mass is 9.76. The molecule has 39 heavy (non-hydrogen) atoms. The number of aromatic nitrogens is 2. The summed E-state index contributed by atoms with van der Waals surface area (Å²) < 4.78 is 79.4. The molecule has 0 saturated carbocycles. The highest BCUT2D eigenvalue weighted by atomic mass is 19.4. The van der Waals surface area contributed by atoms with Crippen LogP contribution < -0.4 is 9.64 Å². The molecular formula is C22H32F6N4O7. The van der Waals surface area contributed by atoms with E-state index in [0.29, 0.717) is 17.3 Å². The summed E-state index contributed by atoms with van der Waals surface area (Å²) in [5.74, 6) is -3.93. The first-order valence-corrected chi connectivity index (χ1v) is 11.5. The Morgan fingerprint density at radius 1 is 1.00 bits per heavy atom. The molecule has 0 aliphatic carbocycles. The molecule has 1 spiro atoms. The Bertz CT molecular complexity index is 888. The van der Waals surface area contributed by atoms with E-state index in [4.69, 9.17) is 34.0 Å². The molecule has 2 saturated heterocycles. The second kappa shape index (κ2) is 15.0. The number of carboxylic acid groups (broad SMARTS) is 2. The second-order valence-electron chi connectivity index (χ2n) is 8.79. The number of methoxy groups -OCH3 is 3. The molecule has 2 N–H and O–H groups in total. The van der Waals surface area contributed by atoms with E-state index in [1.165, 1.54) is 19.3 Å². The summed E-state index contributed by atoms with van der Waals surface area (Å²) in [6.07, 6.45) is -5.01. The fourth-order valence-electron chi connectivity index (χ4n) is 4.27. The van der Waals surface area contributed by atoms with Gasteiger partial charge in [-0.2, -0.15) is 26.3 Å². The first-order chi connectivity index (χ1) is 18.1. The number of rotatable bonds is 7. The highest BCUT2D eigenvalue weighted by molar-refractivity contribution is 5.73. The van der Waals surface area contributed by atoms with Crippen molar-refractivity contribution in [1.82, 2.24) is 14.9 Å². The Kier molecular flexibility index (Phi) is 13.1. The van der Waals surface area contributed by atoms with Gasteiger partial charge in [-0.3, -0.25) is 4.90 Å². The number of likely N-dealkylation sites (tertiary alicyclic amines) is 1. The van der Waals surface area contributed by atoms with E-state index in [0.717, 1.165) is 45.2 Å². The molecule has 2 fully saturated rings. The third-order valence-electron chi connectivity index (χ3n) is 6.14. The van der Waals surface area contributed by atoms with Gasteiger partial charge in [-0.15, -0.1) is 0 Å². The minimum atomic E-state index is -5.08. The molecule has 0 bridgehead atoms. The number of alkyl halides is 6. The first kappa shape index (κ1) is 34.1. The van der Waals surface area contributed by atoms with Crippen LogP contribution in [0.2, 0.25) is 0 Å². The van der Waals surface area contributed by atoms with Gasteiger partial charge in [-0.05, 0) is 24.7 Å². The number of hydrogen-bond donors (Lipinski definition) is 2.